The second kappa shape index (κ2) is 6.17. The molecule has 0 saturated heterocycles. The topological polar surface area (TPSA) is 43.7 Å². The third-order valence-electron chi connectivity index (χ3n) is 2.86. The Kier molecular flexibility index (Phi) is 5.15. The highest BCUT2D eigenvalue weighted by Gasteiger charge is 2.23. The van der Waals surface area contributed by atoms with Crippen molar-refractivity contribution in [2.75, 3.05) is 19.7 Å². The van der Waals surface area contributed by atoms with Crippen molar-refractivity contribution in [1.29, 1.82) is 0 Å². The predicted octanol–water partition coefficient (Wildman–Crippen LogP) is 0.770. The molecule has 0 amide bonds. The van der Waals surface area contributed by atoms with Gasteiger partial charge in [-0.2, -0.15) is 0 Å². The summed E-state index contributed by atoms with van der Waals surface area (Å²) in [5, 5.41) is 18.2. The monoisotopic (exact) mass is 199 g/mol. The zero-order chi connectivity index (χ0) is 10.4. The predicted molar refractivity (Wildman–Crippen MR) is 57.1 cm³/mol. The van der Waals surface area contributed by atoms with Crippen LogP contribution in [0.1, 0.15) is 25.7 Å². The Morgan fingerprint density at radius 2 is 2.07 bits per heavy atom. The van der Waals surface area contributed by atoms with Gasteiger partial charge in [-0.15, -0.1) is 6.58 Å². The summed E-state index contributed by atoms with van der Waals surface area (Å²) in [4.78, 5) is 2.22. The number of aliphatic hydroxyl groups excluding tert-OH is 2. The maximum Gasteiger partial charge on any atom is 0.0897 e. The molecule has 0 unspecified atom stereocenters. The van der Waals surface area contributed by atoms with E-state index in [2.05, 4.69) is 11.5 Å². The Balaban J connectivity index is 2.40. The van der Waals surface area contributed by atoms with Crippen molar-refractivity contribution in [3.8, 4) is 0 Å². The normalized spacial score (nSPS) is 20.2. The Labute approximate surface area is 86.0 Å². The summed E-state index contributed by atoms with van der Waals surface area (Å²) >= 11 is 0. The van der Waals surface area contributed by atoms with Gasteiger partial charge in [0.25, 0.3) is 0 Å². The van der Waals surface area contributed by atoms with Gasteiger partial charge in [0.2, 0.25) is 0 Å². The quantitative estimate of drug-likeness (QED) is 0.621. The van der Waals surface area contributed by atoms with Gasteiger partial charge in [0, 0.05) is 19.1 Å². The van der Waals surface area contributed by atoms with E-state index in [1.54, 1.807) is 0 Å². The van der Waals surface area contributed by atoms with E-state index >= 15 is 0 Å². The first-order chi connectivity index (χ1) is 6.77. The van der Waals surface area contributed by atoms with Gasteiger partial charge in [-0.1, -0.05) is 18.9 Å². The fourth-order valence-electron chi connectivity index (χ4n) is 2.14. The molecule has 0 aliphatic heterocycles. The van der Waals surface area contributed by atoms with E-state index in [4.69, 9.17) is 5.11 Å². The average Bonchev–Trinajstić information content (AvgIpc) is 2.69. The third kappa shape index (κ3) is 3.40. The molecule has 82 valence electrons. The van der Waals surface area contributed by atoms with Crippen molar-refractivity contribution < 1.29 is 10.2 Å². The van der Waals surface area contributed by atoms with Crippen LogP contribution in [0.15, 0.2) is 12.7 Å². The largest absolute Gasteiger partial charge is 0.394 e. The second-order valence-electron chi connectivity index (χ2n) is 4.02. The van der Waals surface area contributed by atoms with Crippen LogP contribution < -0.4 is 0 Å². The molecule has 1 aliphatic rings. The van der Waals surface area contributed by atoms with Gasteiger partial charge in [0.1, 0.15) is 0 Å². The fourth-order valence-corrected chi connectivity index (χ4v) is 2.14. The molecule has 3 nitrogen and oxygen atoms in total. The molecule has 0 heterocycles. The molecule has 0 aromatic rings. The fraction of sp³-hybridized carbons (Fsp3) is 0.818. The van der Waals surface area contributed by atoms with Crippen LogP contribution in [-0.2, 0) is 0 Å². The number of hydrogen-bond acceptors (Lipinski definition) is 3. The summed E-state index contributed by atoms with van der Waals surface area (Å²) in [5.74, 6) is 0. The number of aliphatic hydroxyl groups is 2. The third-order valence-corrected chi connectivity index (χ3v) is 2.86. The minimum absolute atomic E-state index is 0.152. The molecule has 14 heavy (non-hydrogen) atoms. The summed E-state index contributed by atoms with van der Waals surface area (Å²) in [7, 11) is 0. The molecule has 0 radical (unpaired) electrons. The first-order valence-corrected chi connectivity index (χ1v) is 5.41. The Morgan fingerprint density at radius 1 is 1.43 bits per heavy atom. The van der Waals surface area contributed by atoms with Crippen LogP contribution in [0, 0.1) is 0 Å². The summed E-state index contributed by atoms with van der Waals surface area (Å²) in [6.45, 7) is 4.94. The minimum Gasteiger partial charge on any atom is -0.394 e. The second-order valence-corrected chi connectivity index (χ2v) is 4.02. The highest BCUT2D eigenvalue weighted by Crippen LogP contribution is 2.23. The molecule has 3 heteroatoms. The number of hydrogen-bond donors (Lipinski definition) is 2. The van der Waals surface area contributed by atoms with Crippen molar-refractivity contribution >= 4 is 0 Å². The maximum atomic E-state index is 9.39. The van der Waals surface area contributed by atoms with Gasteiger partial charge < -0.3 is 10.2 Å². The maximum absolute atomic E-state index is 9.39. The van der Waals surface area contributed by atoms with Crippen LogP contribution >= 0.6 is 0 Å². The smallest absolute Gasteiger partial charge is 0.0897 e. The van der Waals surface area contributed by atoms with E-state index in [9.17, 15) is 5.11 Å². The van der Waals surface area contributed by atoms with Crippen LogP contribution in [0.3, 0.4) is 0 Å². The van der Waals surface area contributed by atoms with Crippen LogP contribution in [-0.4, -0.2) is 47.0 Å². The summed E-state index contributed by atoms with van der Waals surface area (Å²) in [6.07, 6.45) is 6.25. The first-order valence-electron chi connectivity index (χ1n) is 5.41. The average molecular weight is 199 g/mol. The van der Waals surface area contributed by atoms with E-state index in [0.717, 1.165) is 6.54 Å². The van der Waals surface area contributed by atoms with Gasteiger partial charge in [-0.3, -0.25) is 4.90 Å². The van der Waals surface area contributed by atoms with Crippen molar-refractivity contribution in [2.45, 2.75) is 37.8 Å². The van der Waals surface area contributed by atoms with E-state index < -0.39 is 6.10 Å². The molecule has 1 saturated carbocycles. The van der Waals surface area contributed by atoms with Gasteiger partial charge in [-0.25, -0.2) is 0 Å². The van der Waals surface area contributed by atoms with Gasteiger partial charge >= 0.3 is 0 Å². The highest BCUT2D eigenvalue weighted by atomic mass is 16.3. The molecule has 0 aromatic carbocycles. The lowest BCUT2D eigenvalue weighted by atomic mass is 10.2. The highest BCUT2D eigenvalue weighted by molar-refractivity contribution is 4.83. The van der Waals surface area contributed by atoms with Crippen LogP contribution in [0.5, 0.6) is 0 Å². The molecule has 1 fully saturated rings. The summed E-state index contributed by atoms with van der Waals surface area (Å²) < 4.78 is 0. The summed E-state index contributed by atoms with van der Waals surface area (Å²) in [6, 6.07) is 0.578. The van der Waals surface area contributed by atoms with Crippen LogP contribution in [0.2, 0.25) is 0 Å². The Bertz CT molecular complexity index is 167. The van der Waals surface area contributed by atoms with Gasteiger partial charge in [0.05, 0.1) is 12.7 Å². The molecule has 1 atom stereocenters. The SMILES string of the molecule is C=CCN(C[C@@H](O)CO)C1CCCC1. The van der Waals surface area contributed by atoms with Crippen molar-refractivity contribution in [2.24, 2.45) is 0 Å². The molecule has 1 rings (SSSR count). The van der Waals surface area contributed by atoms with Gasteiger partial charge in [-0.05, 0) is 12.8 Å². The summed E-state index contributed by atoms with van der Waals surface area (Å²) in [5.41, 5.74) is 0. The lowest BCUT2D eigenvalue weighted by molar-refractivity contribution is 0.0497. The molecule has 0 bridgehead atoms. The van der Waals surface area contributed by atoms with E-state index in [1.807, 2.05) is 6.08 Å². The lowest BCUT2D eigenvalue weighted by Gasteiger charge is -2.29. The van der Waals surface area contributed by atoms with Gasteiger partial charge in [0.15, 0.2) is 0 Å². The molecule has 1 aliphatic carbocycles. The zero-order valence-electron chi connectivity index (χ0n) is 8.73. The van der Waals surface area contributed by atoms with Crippen LogP contribution in [0.25, 0.3) is 0 Å². The van der Waals surface area contributed by atoms with E-state index in [1.165, 1.54) is 25.7 Å². The Hall–Kier alpha value is -0.380. The lowest BCUT2D eigenvalue weighted by Crippen LogP contribution is -2.40. The molecular formula is C11H21NO2. The zero-order valence-corrected chi connectivity index (χ0v) is 8.73. The van der Waals surface area contributed by atoms with E-state index in [0.29, 0.717) is 12.6 Å². The van der Waals surface area contributed by atoms with E-state index in [-0.39, 0.29) is 6.61 Å². The molecule has 2 N–H and O–H groups in total. The van der Waals surface area contributed by atoms with Crippen LogP contribution in [0.4, 0.5) is 0 Å². The first kappa shape index (κ1) is 11.7. The van der Waals surface area contributed by atoms with Crippen molar-refractivity contribution in [1.82, 2.24) is 4.90 Å². The standard InChI is InChI=1S/C11H21NO2/c1-2-7-12(8-11(14)9-13)10-5-3-4-6-10/h2,10-11,13-14H,1,3-9H2/t11-/m1/s1. The van der Waals surface area contributed by atoms with Crippen molar-refractivity contribution in [3.63, 3.8) is 0 Å². The molecule has 0 aromatic heterocycles. The number of nitrogens with zero attached hydrogens (tertiary/aromatic N) is 1. The Morgan fingerprint density at radius 3 is 2.57 bits per heavy atom. The van der Waals surface area contributed by atoms with Crippen molar-refractivity contribution in [3.05, 3.63) is 12.7 Å². The minimum atomic E-state index is -0.615. The molecular weight excluding hydrogens is 178 g/mol. The number of rotatable bonds is 6. The molecule has 0 spiro atoms.